The molecule has 3 rings (SSSR count). The van der Waals surface area contributed by atoms with Crippen LogP contribution in [0.1, 0.15) is 53.4 Å². The number of benzene rings is 2. The average Bonchev–Trinajstić information content (AvgIpc) is 3.12. The van der Waals surface area contributed by atoms with E-state index in [0.29, 0.717) is 31.8 Å². The van der Waals surface area contributed by atoms with Crippen LogP contribution in [-0.4, -0.2) is 52.3 Å². The number of fused-ring (bicyclic) bond motifs is 1. The Morgan fingerprint density at radius 1 is 1.25 bits per heavy atom. The Morgan fingerprint density at radius 2 is 1.92 bits per heavy atom. The van der Waals surface area contributed by atoms with Crippen molar-refractivity contribution in [2.24, 2.45) is 10.6 Å². The van der Waals surface area contributed by atoms with Gasteiger partial charge < -0.3 is 20.1 Å². The van der Waals surface area contributed by atoms with Gasteiger partial charge >= 0.3 is 0 Å². The molecule has 36 heavy (non-hydrogen) atoms. The fourth-order valence-electron chi connectivity index (χ4n) is 5.00. The molecule has 0 bridgehead atoms. The molecule has 0 spiro atoms. The Morgan fingerprint density at radius 3 is 2.53 bits per heavy atom. The number of carbonyl (C=O) groups is 1. The molecule has 0 aromatic heterocycles. The molecule has 2 aromatic carbocycles. The number of phenolic OH excluding ortho intramolecular Hbond substituents is 1. The molecule has 0 saturated heterocycles. The summed E-state index contributed by atoms with van der Waals surface area (Å²) in [6, 6.07) is 6.65. The van der Waals surface area contributed by atoms with E-state index in [2.05, 4.69) is 35.7 Å². The summed E-state index contributed by atoms with van der Waals surface area (Å²) in [6.07, 6.45) is 1.36. The van der Waals surface area contributed by atoms with E-state index in [-0.39, 0.29) is 28.7 Å². The van der Waals surface area contributed by atoms with Gasteiger partial charge in [-0.25, -0.2) is 5.14 Å². The SMILES string of the molecule is COCCN1c2c(c(C)c(NS(N)(=O)=O)c(C)c2CC(C)(C)CNC(=O)c2ccccc2O)CC1C. The lowest BCUT2D eigenvalue weighted by molar-refractivity contribution is 0.0933. The lowest BCUT2D eigenvalue weighted by Crippen LogP contribution is -2.37. The molecule has 2 aromatic rings. The van der Waals surface area contributed by atoms with E-state index < -0.39 is 10.2 Å². The molecule has 0 saturated carbocycles. The van der Waals surface area contributed by atoms with Crippen molar-refractivity contribution in [3.8, 4) is 5.75 Å². The van der Waals surface area contributed by atoms with Crippen molar-refractivity contribution in [2.45, 2.75) is 53.5 Å². The quantitative estimate of drug-likeness (QED) is 0.382. The highest BCUT2D eigenvalue weighted by Crippen LogP contribution is 2.45. The number of hydrogen-bond acceptors (Lipinski definition) is 6. The summed E-state index contributed by atoms with van der Waals surface area (Å²) >= 11 is 0. The van der Waals surface area contributed by atoms with Gasteiger partial charge in [0.25, 0.3) is 16.1 Å². The van der Waals surface area contributed by atoms with Crippen LogP contribution in [-0.2, 0) is 27.8 Å². The lowest BCUT2D eigenvalue weighted by Gasteiger charge is -2.32. The van der Waals surface area contributed by atoms with E-state index in [1.807, 2.05) is 13.8 Å². The molecule has 1 amide bonds. The maximum atomic E-state index is 12.7. The maximum absolute atomic E-state index is 12.7. The Bertz CT molecular complexity index is 1240. The maximum Gasteiger partial charge on any atom is 0.296 e. The number of para-hydroxylation sites is 1. The van der Waals surface area contributed by atoms with Crippen molar-refractivity contribution in [1.29, 1.82) is 0 Å². The van der Waals surface area contributed by atoms with Gasteiger partial charge in [-0.1, -0.05) is 26.0 Å². The van der Waals surface area contributed by atoms with Gasteiger partial charge in [0, 0.05) is 31.9 Å². The molecule has 1 unspecified atom stereocenters. The van der Waals surface area contributed by atoms with Gasteiger partial charge in [0.15, 0.2) is 0 Å². The number of nitrogens with one attached hydrogen (secondary N) is 2. The van der Waals surface area contributed by atoms with Gasteiger partial charge in [-0.3, -0.25) is 9.52 Å². The smallest absolute Gasteiger partial charge is 0.296 e. The Kier molecular flexibility index (Phi) is 8.22. The van der Waals surface area contributed by atoms with E-state index in [4.69, 9.17) is 9.88 Å². The number of methoxy groups -OCH3 is 1. The summed E-state index contributed by atoms with van der Waals surface area (Å²) in [5.41, 5.74) is 5.26. The molecule has 5 N–H and O–H groups in total. The topological polar surface area (TPSA) is 134 Å². The molecule has 198 valence electrons. The van der Waals surface area contributed by atoms with E-state index >= 15 is 0 Å². The van der Waals surface area contributed by atoms with Gasteiger partial charge in [-0.2, -0.15) is 8.42 Å². The fraction of sp³-hybridized carbons (Fsp3) is 0.500. The van der Waals surface area contributed by atoms with Crippen molar-refractivity contribution in [3.05, 3.63) is 52.1 Å². The molecule has 1 heterocycles. The van der Waals surface area contributed by atoms with Crippen LogP contribution in [0.2, 0.25) is 0 Å². The molecular weight excluding hydrogens is 480 g/mol. The van der Waals surface area contributed by atoms with Gasteiger partial charge in [-0.15, -0.1) is 0 Å². The van der Waals surface area contributed by atoms with E-state index in [9.17, 15) is 18.3 Å². The number of nitrogens with two attached hydrogens (primary N) is 1. The number of amides is 1. The highest BCUT2D eigenvalue weighted by atomic mass is 32.2. The first-order chi connectivity index (χ1) is 16.8. The molecule has 1 atom stereocenters. The van der Waals surface area contributed by atoms with E-state index in [0.717, 1.165) is 34.4 Å². The van der Waals surface area contributed by atoms with Crippen LogP contribution >= 0.6 is 0 Å². The molecule has 1 aliphatic heterocycles. The molecule has 0 fully saturated rings. The number of phenols is 1. The predicted octanol–water partition coefficient (Wildman–Crippen LogP) is 3.02. The average molecular weight is 519 g/mol. The predicted molar refractivity (Wildman–Crippen MR) is 143 cm³/mol. The summed E-state index contributed by atoms with van der Waals surface area (Å²) in [4.78, 5) is 15.0. The van der Waals surface area contributed by atoms with Gasteiger partial charge in [0.1, 0.15) is 5.75 Å². The minimum Gasteiger partial charge on any atom is -0.507 e. The van der Waals surface area contributed by atoms with Crippen LogP contribution in [0, 0.1) is 19.3 Å². The number of nitrogens with zero attached hydrogens (tertiary/aromatic N) is 1. The van der Waals surface area contributed by atoms with Crippen molar-refractivity contribution in [1.82, 2.24) is 5.32 Å². The Hall–Kier alpha value is -2.82. The normalized spacial score (nSPS) is 15.6. The van der Waals surface area contributed by atoms with Crippen molar-refractivity contribution in [3.63, 3.8) is 0 Å². The molecular formula is C26H38N4O5S. The van der Waals surface area contributed by atoms with Crippen LogP contribution in [0.25, 0.3) is 0 Å². The first-order valence-electron chi connectivity index (χ1n) is 12.0. The zero-order chi connectivity index (χ0) is 26.8. The summed E-state index contributed by atoms with van der Waals surface area (Å²) in [6.45, 7) is 11.7. The van der Waals surface area contributed by atoms with Crippen molar-refractivity contribution in [2.75, 3.05) is 36.4 Å². The zero-order valence-electron chi connectivity index (χ0n) is 21.9. The van der Waals surface area contributed by atoms with Crippen LogP contribution in [0.5, 0.6) is 5.75 Å². The number of anilines is 2. The van der Waals surface area contributed by atoms with Gasteiger partial charge in [0.2, 0.25) is 0 Å². The minimum absolute atomic E-state index is 0.0681. The van der Waals surface area contributed by atoms with Crippen LogP contribution < -0.4 is 20.1 Å². The molecule has 9 nitrogen and oxygen atoms in total. The summed E-state index contributed by atoms with van der Waals surface area (Å²) in [5, 5.41) is 18.3. The third-order valence-corrected chi connectivity index (χ3v) is 7.35. The lowest BCUT2D eigenvalue weighted by atomic mass is 9.81. The summed E-state index contributed by atoms with van der Waals surface area (Å²) in [5.74, 6) is -0.416. The highest BCUT2D eigenvalue weighted by molar-refractivity contribution is 7.90. The third kappa shape index (κ3) is 6.11. The number of rotatable bonds is 10. The van der Waals surface area contributed by atoms with Gasteiger partial charge in [-0.05, 0) is 73.4 Å². The van der Waals surface area contributed by atoms with E-state index in [1.165, 1.54) is 6.07 Å². The Balaban J connectivity index is 1.99. The van der Waals surface area contributed by atoms with Gasteiger partial charge in [0.05, 0.1) is 17.9 Å². The first kappa shape index (κ1) is 27.8. The highest BCUT2D eigenvalue weighted by Gasteiger charge is 2.35. The summed E-state index contributed by atoms with van der Waals surface area (Å²) < 4.78 is 31.9. The number of carbonyl (C=O) groups excluding carboxylic acids is 1. The van der Waals surface area contributed by atoms with Crippen molar-refractivity contribution < 1.29 is 23.1 Å². The second-order valence-electron chi connectivity index (χ2n) is 10.4. The van der Waals surface area contributed by atoms with E-state index in [1.54, 1.807) is 25.3 Å². The number of ether oxygens (including phenoxy) is 1. The minimum atomic E-state index is -3.96. The largest absolute Gasteiger partial charge is 0.507 e. The number of hydrogen-bond donors (Lipinski definition) is 4. The molecule has 0 radical (unpaired) electrons. The van der Waals surface area contributed by atoms with Crippen LogP contribution in [0.15, 0.2) is 24.3 Å². The van der Waals surface area contributed by atoms with Crippen LogP contribution in [0.4, 0.5) is 11.4 Å². The number of aromatic hydroxyl groups is 1. The first-order valence-corrected chi connectivity index (χ1v) is 13.6. The second-order valence-corrected chi connectivity index (χ2v) is 11.7. The molecule has 10 heteroatoms. The monoisotopic (exact) mass is 518 g/mol. The standard InChI is InChI=1S/C26H38N4O5S/c1-16-13-20-17(2)23(29-36(27,33)34)18(3)21(24(20)30(16)11-12-35-6)14-26(4,5)15-28-25(32)19-9-7-8-10-22(19)31/h7-10,16,29,31H,11-15H2,1-6H3,(H,28,32)(H2,27,33,34). The summed E-state index contributed by atoms with van der Waals surface area (Å²) in [7, 11) is -2.29. The van der Waals surface area contributed by atoms with Crippen LogP contribution in [0.3, 0.4) is 0 Å². The Labute approximate surface area is 214 Å². The fourth-order valence-corrected chi connectivity index (χ4v) is 5.59. The van der Waals surface area contributed by atoms with Crippen molar-refractivity contribution >= 4 is 27.5 Å². The second kappa shape index (κ2) is 10.7. The zero-order valence-corrected chi connectivity index (χ0v) is 22.8. The third-order valence-electron chi connectivity index (χ3n) is 6.86. The molecule has 1 aliphatic rings. The molecule has 0 aliphatic carbocycles.